The van der Waals surface area contributed by atoms with Gasteiger partial charge in [0.15, 0.2) is 0 Å². The van der Waals surface area contributed by atoms with Crippen LogP contribution >= 0.6 is 0 Å². The minimum Gasteiger partial charge on any atom is -0.382 e. The maximum Gasteiger partial charge on any atom is 0.269 e. The fourth-order valence-electron chi connectivity index (χ4n) is 3.69. The van der Waals surface area contributed by atoms with Crippen molar-refractivity contribution in [2.45, 2.75) is 38.1 Å². The van der Waals surface area contributed by atoms with Crippen LogP contribution in [-0.4, -0.2) is 28.5 Å². The lowest BCUT2D eigenvalue weighted by Crippen LogP contribution is -2.26. The van der Waals surface area contributed by atoms with Gasteiger partial charge in [0, 0.05) is 41.6 Å². The normalized spacial score (nSPS) is 14.6. The number of rotatable bonds is 6. The zero-order valence-corrected chi connectivity index (χ0v) is 14.8. The number of H-pyrrole nitrogens is 1. The highest BCUT2D eigenvalue weighted by Crippen LogP contribution is 2.22. The molecule has 5 nitrogen and oxygen atoms in total. The van der Waals surface area contributed by atoms with Crippen molar-refractivity contribution in [2.24, 2.45) is 0 Å². The molecular formula is C21H24N4O. The van der Waals surface area contributed by atoms with Gasteiger partial charge in [-0.25, -0.2) is 0 Å². The molecule has 2 aromatic heterocycles. The van der Waals surface area contributed by atoms with Gasteiger partial charge in [-0.05, 0) is 43.0 Å². The van der Waals surface area contributed by atoms with Gasteiger partial charge in [0.05, 0.1) is 0 Å². The van der Waals surface area contributed by atoms with Crippen LogP contribution in [0.2, 0.25) is 0 Å². The number of fused-ring (bicyclic) bond motifs is 1. The SMILES string of the molecule is O=C(NCCc1c[nH]c2ccccc12)c1cc(NC2CCCC2)ccn1. The minimum absolute atomic E-state index is 0.125. The highest BCUT2D eigenvalue weighted by molar-refractivity contribution is 5.93. The summed E-state index contributed by atoms with van der Waals surface area (Å²) in [4.78, 5) is 19.9. The van der Waals surface area contributed by atoms with Gasteiger partial charge in [0.25, 0.3) is 5.91 Å². The fourth-order valence-corrected chi connectivity index (χ4v) is 3.69. The number of hydrogen-bond acceptors (Lipinski definition) is 3. The third-order valence-corrected chi connectivity index (χ3v) is 5.07. The number of aromatic amines is 1. The first kappa shape index (κ1) is 16.6. The Bertz CT molecular complexity index is 896. The molecule has 134 valence electrons. The van der Waals surface area contributed by atoms with Gasteiger partial charge in [-0.1, -0.05) is 31.0 Å². The van der Waals surface area contributed by atoms with Gasteiger partial charge in [-0.3, -0.25) is 9.78 Å². The van der Waals surface area contributed by atoms with Crippen LogP contribution in [-0.2, 0) is 6.42 Å². The highest BCUT2D eigenvalue weighted by atomic mass is 16.1. The molecule has 0 unspecified atom stereocenters. The molecule has 1 fully saturated rings. The number of hydrogen-bond donors (Lipinski definition) is 3. The van der Waals surface area contributed by atoms with Crippen LogP contribution < -0.4 is 10.6 Å². The molecule has 1 aliphatic rings. The van der Waals surface area contributed by atoms with E-state index in [1.54, 1.807) is 6.20 Å². The number of pyridine rings is 1. The van der Waals surface area contributed by atoms with E-state index < -0.39 is 0 Å². The lowest BCUT2D eigenvalue weighted by Gasteiger charge is -2.14. The average molecular weight is 348 g/mol. The van der Waals surface area contributed by atoms with E-state index in [9.17, 15) is 4.79 Å². The Hall–Kier alpha value is -2.82. The van der Waals surface area contributed by atoms with Gasteiger partial charge in [0.2, 0.25) is 0 Å². The summed E-state index contributed by atoms with van der Waals surface area (Å²) in [5.41, 5.74) is 3.78. The van der Waals surface area contributed by atoms with E-state index in [-0.39, 0.29) is 5.91 Å². The molecule has 0 bridgehead atoms. The molecule has 5 heteroatoms. The first-order valence-corrected chi connectivity index (χ1v) is 9.35. The second kappa shape index (κ2) is 7.60. The zero-order chi connectivity index (χ0) is 17.8. The van der Waals surface area contributed by atoms with Gasteiger partial charge in [-0.15, -0.1) is 0 Å². The second-order valence-electron chi connectivity index (χ2n) is 6.92. The molecule has 4 rings (SSSR count). The van der Waals surface area contributed by atoms with E-state index in [0.717, 1.165) is 17.6 Å². The third kappa shape index (κ3) is 3.72. The molecule has 1 aliphatic carbocycles. The molecule has 0 atom stereocenters. The van der Waals surface area contributed by atoms with Crippen molar-refractivity contribution in [3.05, 3.63) is 60.0 Å². The predicted octanol–water partition coefficient (Wildman–Crippen LogP) is 3.89. The second-order valence-corrected chi connectivity index (χ2v) is 6.92. The van der Waals surface area contributed by atoms with Crippen molar-refractivity contribution >= 4 is 22.5 Å². The maximum atomic E-state index is 12.4. The Morgan fingerprint density at radius 3 is 2.92 bits per heavy atom. The van der Waals surface area contributed by atoms with Crippen molar-refractivity contribution in [2.75, 3.05) is 11.9 Å². The third-order valence-electron chi connectivity index (χ3n) is 5.07. The zero-order valence-electron chi connectivity index (χ0n) is 14.8. The molecular weight excluding hydrogens is 324 g/mol. The summed E-state index contributed by atoms with van der Waals surface area (Å²) >= 11 is 0. The summed E-state index contributed by atoms with van der Waals surface area (Å²) in [5.74, 6) is -0.125. The minimum atomic E-state index is -0.125. The summed E-state index contributed by atoms with van der Waals surface area (Å²) in [7, 11) is 0. The quantitative estimate of drug-likeness (QED) is 0.633. The number of carbonyl (C=O) groups is 1. The Morgan fingerprint density at radius 2 is 2.04 bits per heavy atom. The Labute approximate surface area is 153 Å². The van der Waals surface area contributed by atoms with Crippen LogP contribution in [0.5, 0.6) is 0 Å². The first-order valence-electron chi connectivity index (χ1n) is 9.35. The molecule has 0 spiro atoms. The highest BCUT2D eigenvalue weighted by Gasteiger charge is 2.15. The van der Waals surface area contributed by atoms with E-state index in [1.807, 2.05) is 30.5 Å². The molecule has 1 amide bonds. The average Bonchev–Trinajstić information content (AvgIpc) is 3.32. The summed E-state index contributed by atoms with van der Waals surface area (Å²) < 4.78 is 0. The van der Waals surface area contributed by atoms with Gasteiger partial charge in [0.1, 0.15) is 5.69 Å². The predicted molar refractivity (Wildman–Crippen MR) is 104 cm³/mol. The maximum absolute atomic E-state index is 12.4. The molecule has 2 heterocycles. The lowest BCUT2D eigenvalue weighted by atomic mass is 10.1. The standard InChI is InChI=1S/C21H24N4O/c26-21(20-13-17(10-12-22-20)25-16-5-1-2-6-16)23-11-9-15-14-24-19-8-4-3-7-18(15)19/h3-4,7-8,10,12-14,16,24H,1-2,5-6,9,11H2,(H,22,25)(H,23,26). The van der Waals surface area contributed by atoms with E-state index >= 15 is 0 Å². The summed E-state index contributed by atoms with van der Waals surface area (Å²) in [5, 5.41) is 7.70. The smallest absolute Gasteiger partial charge is 0.269 e. The van der Waals surface area contributed by atoms with Crippen LogP contribution in [0.15, 0.2) is 48.8 Å². The summed E-state index contributed by atoms with van der Waals surface area (Å²) in [6.45, 7) is 0.586. The first-order chi connectivity index (χ1) is 12.8. The van der Waals surface area contributed by atoms with Crippen molar-refractivity contribution in [3.8, 4) is 0 Å². The van der Waals surface area contributed by atoms with Crippen LogP contribution in [0.1, 0.15) is 41.7 Å². The number of carbonyl (C=O) groups excluding carboxylic acids is 1. The topological polar surface area (TPSA) is 69.8 Å². The molecule has 1 saturated carbocycles. The molecule has 0 aliphatic heterocycles. The fraction of sp³-hybridized carbons (Fsp3) is 0.333. The van der Waals surface area contributed by atoms with E-state index in [0.29, 0.717) is 18.3 Å². The van der Waals surface area contributed by atoms with Crippen LogP contribution in [0.3, 0.4) is 0 Å². The van der Waals surface area contributed by atoms with E-state index in [2.05, 4.69) is 32.7 Å². The number of para-hydroxylation sites is 1. The monoisotopic (exact) mass is 348 g/mol. The van der Waals surface area contributed by atoms with Gasteiger partial charge < -0.3 is 15.6 Å². The molecule has 26 heavy (non-hydrogen) atoms. The molecule has 3 N–H and O–H groups in total. The number of nitrogens with one attached hydrogen (secondary N) is 3. The Morgan fingerprint density at radius 1 is 1.19 bits per heavy atom. The molecule has 0 radical (unpaired) electrons. The van der Waals surface area contributed by atoms with E-state index in [4.69, 9.17) is 0 Å². The van der Waals surface area contributed by atoms with Crippen molar-refractivity contribution in [1.82, 2.24) is 15.3 Å². The van der Waals surface area contributed by atoms with Crippen LogP contribution in [0.4, 0.5) is 5.69 Å². The molecule has 3 aromatic rings. The van der Waals surface area contributed by atoms with E-state index in [1.165, 1.54) is 36.6 Å². The van der Waals surface area contributed by atoms with Crippen LogP contribution in [0, 0.1) is 0 Å². The summed E-state index contributed by atoms with van der Waals surface area (Å²) in [6.07, 6.45) is 9.47. The van der Waals surface area contributed by atoms with Crippen molar-refractivity contribution in [1.29, 1.82) is 0 Å². The van der Waals surface area contributed by atoms with Gasteiger partial charge >= 0.3 is 0 Å². The number of amides is 1. The number of nitrogens with zero attached hydrogens (tertiary/aromatic N) is 1. The summed E-state index contributed by atoms with van der Waals surface area (Å²) in [6, 6.07) is 12.5. The van der Waals surface area contributed by atoms with Gasteiger partial charge in [-0.2, -0.15) is 0 Å². The number of anilines is 1. The lowest BCUT2D eigenvalue weighted by molar-refractivity contribution is 0.0949. The Balaban J connectivity index is 1.34. The number of aromatic nitrogens is 2. The molecule has 0 saturated heterocycles. The van der Waals surface area contributed by atoms with Crippen molar-refractivity contribution < 1.29 is 4.79 Å². The van der Waals surface area contributed by atoms with Crippen LogP contribution in [0.25, 0.3) is 10.9 Å². The molecule has 1 aromatic carbocycles. The van der Waals surface area contributed by atoms with Crippen molar-refractivity contribution in [3.63, 3.8) is 0 Å². The largest absolute Gasteiger partial charge is 0.382 e. The number of benzene rings is 1. The Kier molecular flexibility index (Phi) is 4.86.